The van der Waals surface area contributed by atoms with Gasteiger partial charge in [0.1, 0.15) is 0 Å². The van der Waals surface area contributed by atoms with Crippen LogP contribution in [0, 0.1) is 0 Å². The molecule has 2 nitrogen and oxygen atoms in total. The second-order valence-electron chi connectivity index (χ2n) is 2.52. The molecule has 0 amide bonds. The van der Waals surface area contributed by atoms with Gasteiger partial charge in [-0.05, 0) is 26.3 Å². The van der Waals surface area contributed by atoms with Crippen molar-refractivity contribution in [1.82, 2.24) is 5.32 Å². The number of nitrogens with one attached hydrogen (secondary N) is 1. The summed E-state index contributed by atoms with van der Waals surface area (Å²) in [6, 6.07) is 0.449. The minimum absolute atomic E-state index is 0.449. The van der Waals surface area contributed by atoms with E-state index < -0.39 is 0 Å². The standard InChI is InChI=1S/C8H18N2/c1-3-4-5-6-10-8(2)7-9/h3,8,10H,1,4-7,9H2,2H3. The zero-order valence-corrected chi connectivity index (χ0v) is 6.77. The molecule has 0 aliphatic carbocycles. The minimum Gasteiger partial charge on any atom is -0.329 e. The van der Waals surface area contributed by atoms with Gasteiger partial charge in [0, 0.05) is 12.6 Å². The number of hydrogen-bond acceptors (Lipinski definition) is 2. The summed E-state index contributed by atoms with van der Waals surface area (Å²) in [6.07, 6.45) is 4.19. The third-order valence-corrected chi connectivity index (χ3v) is 1.43. The van der Waals surface area contributed by atoms with E-state index in [0.717, 1.165) is 19.4 Å². The van der Waals surface area contributed by atoms with E-state index in [0.29, 0.717) is 12.6 Å². The maximum absolute atomic E-state index is 5.40. The molecule has 0 aromatic rings. The molecule has 0 rings (SSSR count). The van der Waals surface area contributed by atoms with Crippen LogP contribution in [0.2, 0.25) is 0 Å². The fourth-order valence-electron chi connectivity index (χ4n) is 0.678. The van der Waals surface area contributed by atoms with E-state index in [1.807, 2.05) is 6.08 Å². The summed E-state index contributed by atoms with van der Waals surface area (Å²) < 4.78 is 0. The largest absolute Gasteiger partial charge is 0.329 e. The number of hydrogen-bond donors (Lipinski definition) is 2. The van der Waals surface area contributed by atoms with Crippen LogP contribution < -0.4 is 11.1 Å². The molecule has 0 bridgehead atoms. The number of nitrogens with two attached hydrogens (primary N) is 1. The molecule has 0 saturated carbocycles. The first-order chi connectivity index (χ1) is 4.81. The van der Waals surface area contributed by atoms with Crippen LogP contribution >= 0.6 is 0 Å². The molecule has 0 fully saturated rings. The van der Waals surface area contributed by atoms with Gasteiger partial charge in [-0.2, -0.15) is 0 Å². The van der Waals surface area contributed by atoms with Crippen molar-refractivity contribution < 1.29 is 0 Å². The fourth-order valence-corrected chi connectivity index (χ4v) is 0.678. The Morgan fingerprint density at radius 2 is 2.40 bits per heavy atom. The maximum Gasteiger partial charge on any atom is 0.0161 e. The maximum atomic E-state index is 5.40. The molecular formula is C8H18N2. The van der Waals surface area contributed by atoms with E-state index >= 15 is 0 Å². The summed E-state index contributed by atoms with van der Waals surface area (Å²) in [5, 5.41) is 3.29. The van der Waals surface area contributed by atoms with E-state index in [2.05, 4.69) is 18.8 Å². The first kappa shape index (κ1) is 9.66. The average Bonchev–Trinajstić information content (AvgIpc) is 1.98. The fraction of sp³-hybridized carbons (Fsp3) is 0.750. The van der Waals surface area contributed by atoms with Crippen LogP contribution in [0.3, 0.4) is 0 Å². The second kappa shape index (κ2) is 6.78. The monoisotopic (exact) mass is 142 g/mol. The van der Waals surface area contributed by atoms with E-state index in [9.17, 15) is 0 Å². The van der Waals surface area contributed by atoms with Crippen LogP contribution in [0.25, 0.3) is 0 Å². The Hall–Kier alpha value is -0.340. The van der Waals surface area contributed by atoms with Crippen molar-refractivity contribution in [1.29, 1.82) is 0 Å². The lowest BCUT2D eigenvalue weighted by atomic mass is 10.3. The second-order valence-corrected chi connectivity index (χ2v) is 2.52. The molecule has 2 heteroatoms. The first-order valence-electron chi connectivity index (χ1n) is 3.85. The van der Waals surface area contributed by atoms with Gasteiger partial charge in [-0.15, -0.1) is 6.58 Å². The highest BCUT2D eigenvalue weighted by molar-refractivity contribution is 4.67. The summed E-state index contributed by atoms with van der Waals surface area (Å²) in [4.78, 5) is 0. The van der Waals surface area contributed by atoms with Gasteiger partial charge in [-0.25, -0.2) is 0 Å². The summed E-state index contributed by atoms with van der Waals surface area (Å²) in [5.41, 5.74) is 5.40. The van der Waals surface area contributed by atoms with E-state index in [1.165, 1.54) is 0 Å². The SMILES string of the molecule is C=CCCCNC(C)CN. The molecule has 0 aromatic carbocycles. The highest BCUT2D eigenvalue weighted by Gasteiger charge is 1.94. The lowest BCUT2D eigenvalue weighted by Gasteiger charge is -2.09. The molecule has 10 heavy (non-hydrogen) atoms. The Bertz CT molecular complexity index is 81.3. The van der Waals surface area contributed by atoms with Gasteiger partial charge in [0.2, 0.25) is 0 Å². The molecular weight excluding hydrogens is 124 g/mol. The first-order valence-corrected chi connectivity index (χ1v) is 3.85. The van der Waals surface area contributed by atoms with Gasteiger partial charge in [-0.1, -0.05) is 6.08 Å². The van der Waals surface area contributed by atoms with Crippen LogP contribution in [0.4, 0.5) is 0 Å². The molecule has 0 aliphatic rings. The molecule has 1 atom stereocenters. The predicted molar refractivity (Wildman–Crippen MR) is 46.0 cm³/mol. The van der Waals surface area contributed by atoms with Crippen molar-refractivity contribution in [2.45, 2.75) is 25.8 Å². The van der Waals surface area contributed by atoms with Crippen molar-refractivity contribution >= 4 is 0 Å². The van der Waals surface area contributed by atoms with Crippen molar-refractivity contribution in [2.75, 3.05) is 13.1 Å². The smallest absolute Gasteiger partial charge is 0.0161 e. The zero-order chi connectivity index (χ0) is 7.82. The van der Waals surface area contributed by atoms with E-state index in [1.54, 1.807) is 0 Å². The molecule has 0 spiro atoms. The quantitative estimate of drug-likeness (QED) is 0.427. The van der Waals surface area contributed by atoms with Gasteiger partial charge in [0.25, 0.3) is 0 Å². The number of allylic oxidation sites excluding steroid dienone is 1. The van der Waals surface area contributed by atoms with Crippen molar-refractivity contribution in [3.63, 3.8) is 0 Å². The van der Waals surface area contributed by atoms with E-state index in [4.69, 9.17) is 5.73 Å². The molecule has 3 N–H and O–H groups in total. The van der Waals surface area contributed by atoms with Crippen molar-refractivity contribution in [2.24, 2.45) is 5.73 Å². The minimum atomic E-state index is 0.449. The summed E-state index contributed by atoms with van der Waals surface area (Å²) >= 11 is 0. The van der Waals surface area contributed by atoms with Crippen LogP contribution in [0.1, 0.15) is 19.8 Å². The summed E-state index contributed by atoms with van der Waals surface area (Å²) in [6.45, 7) is 7.50. The molecule has 0 aliphatic heterocycles. The molecule has 0 heterocycles. The predicted octanol–water partition coefficient (Wildman–Crippen LogP) is 0.889. The third-order valence-electron chi connectivity index (χ3n) is 1.43. The zero-order valence-electron chi connectivity index (χ0n) is 6.77. The van der Waals surface area contributed by atoms with Crippen LogP contribution in [0.5, 0.6) is 0 Å². The molecule has 0 radical (unpaired) electrons. The molecule has 60 valence electrons. The summed E-state index contributed by atoms with van der Waals surface area (Å²) in [7, 11) is 0. The van der Waals surface area contributed by atoms with Gasteiger partial charge in [-0.3, -0.25) is 0 Å². The van der Waals surface area contributed by atoms with Crippen LogP contribution in [-0.4, -0.2) is 19.1 Å². The number of rotatable bonds is 6. The Morgan fingerprint density at radius 1 is 1.70 bits per heavy atom. The molecule has 1 unspecified atom stereocenters. The Morgan fingerprint density at radius 3 is 2.90 bits per heavy atom. The Labute approximate surface area is 63.5 Å². The Kier molecular flexibility index (Phi) is 6.55. The van der Waals surface area contributed by atoms with Crippen molar-refractivity contribution in [3.05, 3.63) is 12.7 Å². The lowest BCUT2D eigenvalue weighted by Crippen LogP contribution is -2.33. The van der Waals surface area contributed by atoms with Gasteiger partial charge >= 0.3 is 0 Å². The highest BCUT2D eigenvalue weighted by atomic mass is 14.9. The lowest BCUT2D eigenvalue weighted by molar-refractivity contribution is 0.546. The van der Waals surface area contributed by atoms with Crippen LogP contribution in [-0.2, 0) is 0 Å². The summed E-state index contributed by atoms with van der Waals surface area (Å²) in [5.74, 6) is 0. The van der Waals surface area contributed by atoms with E-state index in [-0.39, 0.29) is 0 Å². The normalized spacial score (nSPS) is 13.0. The highest BCUT2D eigenvalue weighted by Crippen LogP contribution is 1.87. The third kappa shape index (κ3) is 5.79. The molecule has 0 saturated heterocycles. The van der Waals surface area contributed by atoms with Crippen LogP contribution in [0.15, 0.2) is 12.7 Å². The Balaban J connectivity index is 2.95. The number of unbranched alkanes of at least 4 members (excludes halogenated alkanes) is 1. The average molecular weight is 142 g/mol. The van der Waals surface area contributed by atoms with Gasteiger partial charge in [0.05, 0.1) is 0 Å². The molecule has 0 aromatic heterocycles. The van der Waals surface area contributed by atoms with Gasteiger partial charge in [0.15, 0.2) is 0 Å². The topological polar surface area (TPSA) is 38.0 Å². The van der Waals surface area contributed by atoms with Crippen molar-refractivity contribution in [3.8, 4) is 0 Å². The van der Waals surface area contributed by atoms with Gasteiger partial charge < -0.3 is 11.1 Å².